The summed E-state index contributed by atoms with van der Waals surface area (Å²) in [5, 5.41) is 3.02. The highest BCUT2D eigenvalue weighted by atomic mass is 16.2. The van der Waals surface area contributed by atoms with Crippen molar-refractivity contribution in [1.29, 1.82) is 0 Å². The average Bonchev–Trinajstić information content (AvgIpc) is 2.84. The Labute approximate surface area is 190 Å². The van der Waals surface area contributed by atoms with E-state index in [1.54, 1.807) is 12.1 Å². The number of urea groups is 1. The van der Waals surface area contributed by atoms with Gasteiger partial charge in [0, 0.05) is 24.3 Å². The second-order valence-electron chi connectivity index (χ2n) is 9.07. The van der Waals surface area contributed by atoms with Gasteiger partial charge in [0.15, 0.2) is 0 Å². The normalized spacial score (nSPS) is 17.8. The van der Waals surface area contributed by atoms with Gasteiger partial charge in [-0.05, 0) is 93.0 Å². The first-order valence-corrected chi connectivity index (χ1v) is 11.9. The Balaban J connectivity index is 1.24. The maximum atomic E-state index is 12.7. The number of carbonyl (C=O) groups is 2. The molecule has 2 aromatic rings. The van der Waals surface area contributed by atoms with Gasteiger partial charge in [0.25, 0.3) is 0 Å². The van der Waals surface area contributed by atoms with Crippen LogP contribution < -0.4 is 11.1 Å². The van der Waals surface area contributed by atoms with Crippen LogP contribution in [-0.4, -0.2) is 54.5 Å². The van der Waals surface area contributed by atoms with E-state index in [2.05, 4.69) is 10.2 Å². The molecule has 2 fully saturated rings. The molecule has 0 spiro atoms. The van der Waals surface area contributed by atoms with Crippen molar-refractivity contribution in [2.24, 2.45) is 11.7 Å². The van der Waals surface area contributed by atoms with Crippen LogP contribution in [0.15, 0.2) is 48.5 Å². The van der Waals surface area contributed by atoms with Gasteiger partial charge in [0.1, 0.15) is 0 Å². The number of nitrogens with two attached hydrogens (primary N) is 1. The summed E-state index contributed by atoms with van der Waals surface area (Å²) in [6.45, 7) is 5.39. The van der Waals surface area contributed by atoms with Gasteiger partial charge in [-0.1, -0.05) is 30.7 Å². The van der Waals surface area contributed by atoms with Gasteiger partial charge in [-0.3, -0.25) is 4.79 Å². The van der Waals surface area contributed by atoms with Gasteiger partial charge in [-0.25, -0.2) is 4.79 Å². The van der Waals surface area contributed by atoms with Crippen LogP contribution in [0.1, 0.15) is 48.9 Å². The highest BCUT2D eigenvalue weighted by molar-refractivity contribution is 5.94. The number of primary amides is 1. The molecule has 2 heterocycles. The van der Waals surface area contributed by atoms with Crippen LogP contribution in [0, 0.1) is 5.92 Å². The smallest absolute Gasteiger partial charge is 0.321 e. The molecule has 2 aliphatic heterocycles. The van der Waals surface area contributed by atoms with E-state index in [0.717, 1.165) is 48.7 Å². The van der Waals surface area contributed by atoms with Crippen molar-refractivity contribution in [2.75, 3.05) is 38.0 Å². The van der Waals surface area contributed by atoms with Gasteiger partial charge in [-0.2, -0.15) is 0 Å². The highest BCUT2D eigenvalue weighted by Crippen LogP contribution is 2.24. The fraction of sp³-hybridized carbons (Fsp3) is 0.462. The number of amides is 3. The van der Waals surface area contributed by atoms with E-state index in [-0.39, 0.29) is 6.03 Å². The summed E-state index contributed by atoms with van der Waals surface area (Å²) in [5.41, 5.74) is 8.53. The second-order valence-corrected chi connectivity index (χ2v) is 9.07. The molecular formula is C26H34N4O2. The van der Waals surface area contributed by atoms with E-state index in [1.807, 2.05) is 41.3 Å². The molecule has 2 saturated heterocycles. The molecular weight excluding hydrogens is 400 g/mol. The summed E-state index contributed by atoms with van der Waals surface area (Å²) in [7, 11) is 0. The van der Waals surface area contributed by atoms with Gasteiger partial charge in [0.05, 0.1) is 0 Å². The molecule has 170 valence electrons. The van der Waals surface area contributed by atoms with Crippen LogP contribution in [0.4, 0.5) is 10.5 Å². The lowest BCUT2D eigenvalue weighted by atomic mass is 9.93. The molecule has 6 nitrogen and oxygen atoms in total. The topological polar surface area (TPSA) is 78.7 Å². The molecule has 0 radical (unpaired) electrons. The van der Waals surface area contributed by atoms with E-state index in [9.17, 15) is 9.59 Å². The zero-order valence-electron chi connectivity index (χ0n) is 18.8. The summed E-state index contributed by atoms with van der Waals surface area (Å²) >= 11 is 0. The number of likely N-dealkylation sites (tertiary alicyclic amines) is 2. The summed E-state index contributed by atoms with van der Waals surface area (Å²) in [6, 6.07) is 14.9. The van der Waals surface area contributed by atoms with Crippen LogP contribution in [0.25, 0.3) is 11.1 Å². The number of anilines is 1. The van der Waals surface area contributed by atoms with E-state index in [4.69, 9.17) is 5.73 Å². The number of nitrogens with zero attached hydrogens (tertiary/aromatic N) is 2. The first-order valence-electron chi connectivity index (χ1n) is 11.9. The fourth-order valence-electron chi connectivity index (χ4n) is 4.77. The van der Waals surface area contributed by atoms with Crippen LogP contribution in [0.2, 0.25) is 0 Å². The third-order valence-corrected chi connectivity index (χ3v) is 6.82. The van der Waals surface area contributed by atoms with Crippen molar-refractivity contribution in [1.82, 2.24) is 9.80 Å². The number of benzene rings is 2. The highest BCUT2D eigenvalue weighted by Gasteiger charge is 2.23. The van der Waals surface area contributed by atoms with Gasteiger partial charge < -0.3 is 20.9 Å². The third-order valence-electron chi connectivity index (χ3n) is 6.82. The Bertz CT molecular complexity index is 914. The van der Waals surface area contributed by atoms with Crippen molar-refractivity contribution in [3.63, 3.8) is 0 Å². The van der Waals surface area contributed by atoms with Crippen molar-refractivity contribution >= 4 is 17.6 Å². The Kier molecular flexibility index (Phi) is 7.43. The maximum Gasteiger partial charge on any atom is 0.321 e. The van der Waals surface area contributed by atoms with Crippen molar-refractivity contribution < 1.29 is 9.59 Å². The molecule has 0 bridgehead atoms. The fourth-order valence-corrected chi connectivity index (χ4v) is 4.77. The molecule has 0 aliphatic carbocycles. The zero-order chi connectivity index (χ0) is 22.3. The Morgan fingerprint density at radius 2 is 1.62 bits per heavy atom. The lowest BCUT2D eigenvalue weighted by Gasteiger charge is -2.34. The monoisotopic (exact) mass is 434 g/mol. The summed E-state index contributed by atoms with van der Waals surface area (Å²) < 4.78 is 0. The quantitative estimate of drug-likeness (QED) is 0.699. The molecule has 2 aliphatic rings. The minimum Gasteiger partial charge on any atom is -0.366 e. The molecule has 0 saturated carbocycles. The third kappa shape index (κ3) is 5.88. The van der Waals surface area contributed by atoms with Crippen molar-refractivity contribution in [3.05, 3.63) is 54.1 Å². The number of nitrogens with one attached hydrogen (secondary N) is 1. The molecule has 0 unspecified atom stereocenters. The molecule has 3 N–H and O–H groups in total. The molecule has 4 rings (SSSR count). The predicted molar refractivity (Wildman–Crippen MR) is 129 cm³/mol. The number of carbonyl (C=O) groups excluding carboxylic acids is 2. The summed E-state index contributed by atoms with van der Waals surface area (Å²) in [6.07, 6.45) is 7.52. The first kappa shape index (κ1) is 22.3. The van der Waals surface area contributed by atoms with Crippen LogP contribution in [-0.2, 0) is 0 Å². The number of hydrogen-bond acceptors (Lipinski definition) is 3. The van der Waals surface area contributed by atoms with Crippen LogP contribution in [0.5, 0.6) is 0 Å². The van der Waals surface area contributed by atoms with Gasteiger partial charge >= 0.3 is 6.03 Å². The van der Waals surface area contributed by atoms with E-state index in [0.29, 0.717) is 5.56 Å². The van der Waals surface area contributed by atoms with Gasteiger partial charge in [-0.15, -0.1) is 0 Å². The number of piperidine rings is 2. The Morgan fingerprint density at radius 1 is 0.906 bits per heavy atom. The zero-order valence-corrected chi connectivity index (χ0v) is 18.8. The Hall–Kier alpha value is -2.86. The summed E-state index contributed by atoms with van der Waals surface area (Å²) in [4.78, 5) is 28.7. The van der Waals surface area contributed by atoms with Crippen molar-refractivity contribution in [2.45, 2.75) is 38.5 Å². The SMILES string of the molecule is NC(=O)c1cccc(-c2ccc(NC(=O)N3CCC(CCN4CCCCC4)CC3)cc2)c1. The number of hydrogen-bond donors (Lipinski definition) is 2. The lowest BCUT2D eigenvalue weighted by Crippen LogP contribution is -2.41. The molecule has 3 amide bonds. The second kappa shape index (κ2) is 10.6. The molecule has 0 aromatic heterocycles. The minimum absolute atomic E-state index is 0.0250. The van der Waals surface area contributed by atoms with E-state index in [1.165, 1.54) is 45.3 Å². The standard InChI is InChI=1S/C26H34N4O2/c27-25(31)23-6-4-5-22(19-23)21-7-9-24(10-8-21)28-26(32)30-17-12-20(13-18-30)11-16-29-14-2-1-3-15-29/h4-10,19-20H,1-3,11-18H2,(H2,27,31)(H,28,32). The maximum absolute atomic E-state index is 12.7. The van der Waals surface area contributed by atoms with E-state index >= 15 is 0 Å². The molecule has 6 heteroatoms. The van der Waals surface area contributed by atoms with Crippen LogP contribution in [0.3, 0.4) is 0 Å². The van der Waals surface area contributed by atoms with Gasteiger partial charge in [0.2, 0.25) is 5.91 Å². The van der Waals surface area contributed by atoms with E-state index < -0.39 is 5.91 Å². The largest absolute Gasteiger partial charge is 0.366 e. The lowest BCUT2D eigenvalue weighted by molar-refractivity contribution is 0.1000. The van der Waals surface area contributed by atoms with Crippen LogP contribution >= 0.6 is 0 Å². The molecule has 32 heavy (non-hydrogen) atoms. The molecule has 0 atom stereocenters. The first-order chi connectivity index (χ1) is 15.6. The summed E-state index contributed by atoms with van der Waals surface area (Å²) in [5.74, 6) is 0.294. The predicted octanol–water partition coefficient (Wildman–Crippen LogP) is 4.57. The Morgan fingerprint density at radius 3 is 2.31 bits per heavy atom. The molecule has 2 aromatic carbocycles. The number of rotatable bonds is 6. The van der Waals surface area contributed by atoms with Crippen molar-refractivity contribution in [3.8, 4) is 11.1 Å². The minimum atomic E-state index is -0.439. The average molecular weight is 435 g/mol.